The number of piperazine rings is 2. The fourth-order valence-corrected chi connectivity index (χ4v) is 8.72. The molecule has 2 aliphatic heterocycles. The monoisotopic (exact) mass is 1010 g/mol. The van der Waals surface area contributed by atoms with E-state index in [4.69, 9.17) is 47.8 Å². The van der Waals surface area contributed by atoms with E-state index in [-0.39, 0.29) is 24.1 Å². The first-order chi connectivity index (χ1) is 35.3. The molecule has 0 unspecified atom stereocenters. The van der Waals surface area contributed by atoms with E-state index in [1.165, 1.54) is 12.7 Å². The zero-order valence-corrected chi connectivity index (χ0v) is 41.6. The molecule has 17 nitrogen and oxygen atoms in total. The van der Waals surface area contributed by atoms with Crippen LogP contribution in [0.3, 0.4) is 0 Å². The molecule has 4 aromatic carbocycles. The molecule has 2 amide bonds. The lowest BCUT2D eigenvalue weighted by Gasteiger charge is -2.32. The maximum atomic E-state index is 13.0. The average Bonchev–Trinajstić information content (AvgIpc) is 4.01. The summed E-state index contributed by atoms with van der Waals surface area (Å²) in [5.41, 5.74) is 20.5. The quantitative estimate of drug-likeness (QED) is 0.0850. The molecule has 4 aromatic heterocycles. The lowest BCUT2D eigenvalue weighted by Crippen LogP contribution is -2.47. The third-order valence-electron chi connectivity index (χ3n) is 12.5. The van der Waals surface area contributed by atoms with Crippen molar-refractivity contribution in [2.45, 2.75) is 0 Å². The first kappa shape index (κ1) is 50.9. The van der Waals surface area contributed by atoms with Gasteiger partial charge in [0.2, 0.25) is 0 Å². The Hall–Kier alpha value is -8.45. The van der Waals surface area contributed by atoms with Gasteiger partial charge >= 0.3 is 5.91 Å². The molecule has 2 aliphatic rings. The first-order valence-electron chi connectivity index (χ1n) is 23.1. The Labute approximate surface area is 432 Å². The molecule has 73 heavy (non-hydrogen) atoms. The molecule has 19 heteroatoms. The number of rotatable bonds is 8. The van der Waals surface area contributed by atoms with Crippen molar-refractivity contribution in [2.75, 3.05) is 84.5 Å². The number of carbonyl (C=O) groups excluding carboxylic acids is 3. The van der Waals surface area contributed by atoms with Crippen molar-refractivity contribution < 1.29 is 14.4 Å². The number of likely N-dealkylation sites (N-methyl/N-ethyl adjacent to an activating group) is 2. The summed E-state index contributed by atoms with van der Waals surface area (Å²) in [6.45, 7) is 20.4. The minimum atomic E-state index is -0.236. The summed E-state index contributed by atoms with van der Waals surface area (Å²) in [6.07, 6.45) is 9.25. The van der Waals surface area contributed by atoms with Gasteiger partial charge in [-0.05, 0) is 85.4 Å². The molecule has 0 atom stereocenters. The van der Waals surface area contributed by atoms with Crippen LogP contribution in [-0.4, -0.2) is 140 Å². The molecule has 0 bridgehead atoms. The van der Waals surface area contributed by atoms with Gasteiger partial charge in [0.1, 0.15) is 30.6 Å². The number of aldehydes is 1. The second-order valence-electron chi connectivity index (χ2n) is 17.3. The van der Waals surface area contributed by atoms with Gasteiger partial charge in [-0.15, -0.1) is 0 Å². The van der Waals surface area contributed by atoms with Gasteiger partial charge in [0, 0.05) is 103 Å². The van der Waals surface area contributed by atoms with Gasteiger partial charge in [-0.2, -0.15) is 0 Å². The van der Waals surface area contributed by atoms with Crippen LogP contribution in [0.5, 0.6) is 0 Å². The third kappa shape index (κ3) is 11.8. The van der Waals surface area contributed by atoms with Gasteiger partial charge in [-0.25, -0.2) is 31.4 Å². The van der Waals surface area contributed by atoms with Crippen LogP contribution in [0.4, 0.5) is 11.6 Å². The van der Waals surface area contributed by atoms with E-state index in [9.17, 15) is 14.4 Å². The average molecular weight is 1010 g/mol. The molecule has 6 heterocycles. The maximum absolute atomic E-state index is 13.0. The van der Waals surface area contributed by atoms with E-state index in [0.717, 1.165) is 95.5 Å². The Morgan fingerprint density at radius 3 is 1.53 bits per heavy atom. The first-order valence-corrected chi connectivity index (χ1v) is 23.9. The summed E-state index contributed by atoms with van der Waals surface area (Å²) < 4.78 is 3.85. The smallest absolute Gasteiger partial charge is 0.302 e. The molecular weight excluding hydrogens is 964 g/mol. The molecule has 10 rings (SSSR count). The number of hydrogen-bond donors (Lipinski definition) is 2. The number of benzene rings is 4. The molecule has 0 radical (unpaired) electrons. The van der Waals surface area contributed by atoms with E-state index in [2.05, 4.69) is 39.4 Å². The molecule has 0 spiro atoms. The van der Waals surface area contributed by atoms with Crippen LogP contribution in [0.25, 0.3) is 71.5 Å². The maximum Gasteiger partial charge on any atom is 0.302 e. The number of anilines is 2. The Bertz CT molecular complexity index is 3420. The van der Waals surface area contributed by atoms with Crippen LogP contribution in [-0.2, 0) is 9.59 Å². The lowest BCUT2D eigenvalue weighted by atomic mass is 10.1. The van der Waals surface area contributed by atoms with Crippen LogP contribution in [0.2, 0.25) is 10.0 Å². The number of hydrogen-bond acceptors (Lipinski definition) is 11. The van der Waals surface area contributed by atoms with E-state index >= 15 is 0 Å². The van der Waals surface area contributed by atoms with Gasteiger partial charge in [-0.1, -0.05) is 71.7 Å². The summed E-state index contributed by atoms with van der Waals surface area (Å²) in [5, 5.41) is 2.82. The number of fused-ring (bicyclic) bond motifs is 2. The molecule has 0 aliphatic carbocycles. The van der Waals surface area contributed by atoms with E-state index in [0.29, 0.717) is 51.6 Å². The SMILES string of the molecule is Nc1ncnc2c1c(-c1ccc(Cl)cc1)cn2-c1cccc(C=O)c1.[C-]#[N+]/C(=C\c1cccc(-n2cc(-c3ccc(Cl)cc3)c3c(N)ncnc32)c1)C(=O)N1CCN(C)CC1.[C-]#[N+]CC(=O)N1CCN(C)CC1. The summed E-state index contributed by atoms with van der Waals surface area (Å²) in [4.78, 5) is 67.0. The van der Waals surface area contributed by atoms with Crippen LogP contribution < -0.4 is 11.5 Å². The van der Waals surface area contributed by atoms with Crippen molar-refractivity contribution in [3.8, 4) is 33.6 Å². The molecule has 0 saturated carbocycles. The van der Waals surface area contributed by atoms with Gasteiger partial charge in [-0.3, -0.25) is 14.4 Å². The zero-order valence-electron chi connectivity index (χ0n) is 40.1. The van der Waals surface area contributed by atoms with Crippen molar-refractivity contribution in [3.05, 3.63) is 172 Å². The standard InChI is InChI=1S/C27H24ClN7O.C19H13ClN4O.C8H13N3O/c1-30-23(27(36)34-12-10-33(2)11-13-34)15-18-4-3-5-21(14-18)35-16-22(19-6-8-20(28)9-7-19)24-25(29)31-17-32-26(24)35;20-14-6-4-13(5-7-14)16-9-24(15-3-1-2-12(8-15)10-25)19-17(16)18(21)22-11-23-19;1-9-7-8(12)11-5-3-10(2)4-6-11/h3-9,14-17H,10-13H2,2H3,(H2,29,31,32);1-11H,(H2,21,22,23);3-7H2,2H3/b23-15-;;. The molecule has 8 aromatic rings. The predicted molar refractivity (Wildman–Crippen MR) is 287 cm³/mol. The number of nitrogen functional groups attached to an aromatic ring is 2. The number of halogens is 2. The van der Waals surface area contributed by atoms with Crippen molar-refractivity contribution in [3.63, 3.8) is 0 Å². The topological polar surface area (TPSA) is 186 Å². The number of nitrogens with zero attached hydrogens (tertiary/aromatic N) is 12. The highest BCUT2D eigenvalue weighted by atomic mass is 35.5. The minimum Gasteiger partial charge on any atom is -0.383 e. The van der Waals surface area contributed by atoms with Crippen molar-refractivity contribution in [2.24, 2.45) is 0 Å². The molecule has 368 valence electrons. The second kappa shape index (κ2) is 23.2. The van der Waals surface area contributed by atoms with Crippen molar-refractivity contribution >= 4 is 81.1 Å². The highest BCUT2D eigenvalue weighted by molar-refractivity contribution is 6.31. The highest BCUT2D eigenvalue weighted by Crippen LogP contribution is 2.36. The fourth-order valence-electron chi connectivity index (χ4n) is 8.47. The Balaban J connectivity index is 0.000000165. The molecule has 2 saturated heterocycles. The normalized spacial score (nSPS) is 14.1. The number of aromatic nitrogens is 6. The van der Waals surface area contributed by atoms with Crippen LogP contribution in [0, 0.1) is 13.1 Å². The Kier molecular flexibility index (Phi) is 16.2. The van der Waals surface area contributed by atoms with Crippen LogP contribution in [0.15, 0.2) is 128 Å². The number of carbonyl (C=O) groups is 3. The van der Waals surface area contributed by atoms with E-state index in [1.54, 1.807) is 28.0 Å². The van der Waals surface area contributed by atoms with E-state index < -0.39 is 0 Å². The van der Waals surface area contributed by atoms with Gasteiger partial charge < -0.3 is 45.0 Å². The van der Waals surface area contributed by atoms with Crippen LogP contribution in [0.1, 0.15) is 15.9 Å². The molecular formula is C54H50Cl2N14O3. The van der Waals surface area contributed by atoms with Crippen LogP contribution >= 0.6 is 23.2 Å². The Morgan fingerprint density at radius 2 is 1.08 bits per heavy atom. The Morgan fingerprint density at radius 1 is 0.630 bits per heavy atom. The molecule has 4 N–H and O–H groups in total. The summed E-state index contributed by atoms with van der Waals surface area (Å²) in [7, 11) is 4.07. The van der Waals surface area contributed by atoms with Gasteiger partial charge in [0.05, 0.1) is 17.3 Å². The zero-order chi connectivity index (χ0) is 51.6. The fraction of sp³-hybridized carbons (Fsp3) is 0.204. The summed E-state index contributed by atoms with van der Waals surface area (Å²) >= 11 is 12.1. The predicted octanol–water partition coefficient (Wildman–Crippen LogP) is 8.17. The number of nitrogens with two attached hydrogens (primary N) is 2. The highest BCUT2D eigenvalue weighted by Gasteiger charge is 2.24. The largest absolute Gasteiger partial charge is 0.383 e. The second-order valence-corrected chi connectivity index (χ2v) is 18.2. The van der Waals surface area contributed by atoms with Gasteiger partial charge in [0.15, 0.2) is 11.3 Å². The lowest BCUT2D eigenvalue weighted by molar-refractivity contribution is -0.130. The minimum absolute atomic E-state index is 0.00368. The van der Waals surface area contributed by atoms with Gasteiger partial charge in [0.25, 0.3) is 18.1 Å². The van der Waals surface area contributed by atoms with E-state index in [1.807, 2.05) is 121 Å². The summed E-state index contributed by atoms with van der Waals surface area (Å²) in [5.74, 6) is 0.520. The third-order valence-corrected chi connectivity index (χ3v) is 13.0. The van der Waals surface area contributed by atoms with Crippen molar-refractivity contribution in [1.82, 2.24) is 48.7 Å². The van der Waals surface area contributed by atoms with Crippen molar-refractivity contribution in [1.29, 1.82) is 0 Å². The summed E-state index contributed by atoms with van der Waals surface area (Å²) in [6, 6.07) is 30.0. The molecule has 2 fully saturated rings. The number of amides is 2.